The van der Waals surface area contributed by atoms with Crippen molar-refractivity contribution in [2.75, 3.05) is 0 Å². The highest BCUT2D eigenvalue weighted by Crippen LogP contribution is 2.23. The van der Waals surface area contributed by atoms with Gasteiger partial charge in [-0.25, -0.2) is 0 Å². The van der Waals surface area contributed by atoms with Crippen LogP contribution in [0.2, 0.25) is 0 Å². The largest absolute Gasteiger partial charge is 0.305 e. The van der Waals surface area contributed by atoms with Crippen LogP contribution in [-0.2, 0) is 0 Å². The zero-order chi connectivity index (χ0) is 11.4. The van der Waals surface area contributed by atoms with Crippen LogP contribution >= 0.6 is 0 Å². The first-order valence-corrected chi connectivity index (χ1v) is 5.02. The van der Waals surface area contributed by atoms with E-state index in [0.29, 0.717) is 5.71 Å². The molecular formula is C14H17N. The summed E-state index contributed by atoms with van der Waals surface area (Å²) in [6, 6.07) is 7.97. The molecule has 0 bridgehead atoms. The first-order chi connectivity index (χ1) is 7.07. The summed E-state index contributed by atoms with van der Waals surface area (Å²) in [5.41, 5.74) is 5.01. The zero-order valence-electron chi connectivity index (χ0n) is 9.59. The summed E-state index contributed by atoms with van der Waals surface area (Å²) >= 11 is 0. The Hall–Kier alpha value is -1.63. The van der Waals surface area contributed by atoms with E-state index in [1.807, 2.05) is 37.3 Å². The highest BCUT2D eigenvalue weighted by molar-refractivity contribution is 6.01. The van der Waals surface area contributed by atoms with Crippen molar-refractivity contribution in [3.8, 4) is 0 Å². The second-order valence-electron chi connectivity index (χ2n) is 3.79. The number of nitrogens with one attached hydrogen (secondary N) is 1. The smallest absolute Gasteiger partial charge is 0.0361 e. The normalized spacial score (nSPS) is 9.53. The summed E-state index contributed by atoms with van der Waals surface area (Å²) in [5.74, 6) is 0. The minimum absolute atomic E-state index is 0.589. The van der Waals surface area contributed by atoms with Crippen molar-refractivity contribution in [1.29, 1.82) is 5.41 Å². The van der Waals surface area contributed by atoms with Gasteiger partial charge in [-0.05, 0) is 31.9 Å². The predicted octanol–water partition coefficient (Wildman–Crippen LogP) is 4.05. The van der Waals surface area contributed by atoms with E-state index in [2.05, 4.69) is 20.4 Å². The average molecular weight is 199 g/mol. The quantitative estimate of drug-likeness (QED) is 0.561. The predicted molar refractivity (Wildman–Crippen MR) is 67.4 cm³/mol. The van der Waals surface area contributed by atoms with Crippen LogP contribution in [0.15, 0.2) is 42.5 Å². The average Bonchev–Trinajstić information content (AvgIpc) is 2.18. The lowest BCUT2D eigenvalue weighted by Crippen LogP contribution is -1.98. The van der Waals surface area contributed by atoms with E-state index in [4.69, 9.17) is 5.41 Å². The van der Waals surface area contributed by atoms with E-state index >= 15 is 0 Å². The number of rotatable bonds is 3. The van der Waals surface area contributed by atoms with E-state index in [-0.39, 0.29) is 0 Å². The molecule has 0 radical (unpaired) electrons. The van der Waals surface area contributed by atoms with Gasteiger partial charge in [0.15, 0.2) is 0 Å². The van der Waals surface area contributed by atoms with E-state index in [0.717, 1.165) is 16.7 Å². The third-order valence-corrected chi connectivity index (χ3v) is 2.36. The second kappa shape index (κ2) is 4.74. The Bertz CT molecular complexity index is 421. The molecular weight excluding hydrogens is 182 g/mol. The zero-order valence-corrected chi connectivity index (χ0v) is 9.59. The lowest BCUT2D eigenvalue weighted by Gasteiger charge is -2.10. The molecule has 1 nitrogen and oxygen atoms in total. The first-order valence-electron chi connectivity index (χ1n) is 5.02. The molecule has 0 saturated carbocycles. The molecule has 1 N–H and O–H groups in total. The topological polar surface area (TPSA) is 23.9 Å². The van der Waals surface area contributed by atoms with Crippen molar-refractivity contribution < 1.29 is 0 Å². The summed E-state index contributed by atoms with van der Waals surface area (Å²) in [7, 11) is 0. The maximum Gasteiger partial charge on any atom is 0.0361 e. The molecule has 0 aliphatic carbocycles. The van der Waals surface area contributed by atoms with Gasteiger partial charge in [0.25, 0.3) is 0 Å². The van der Waals surface area contributed by atoms with Crippen LogP contribution in [0.3, 0.4) is 0 Å². The maximum absolute atomic E-state index is 7.73. The number of hydrogen-bond acceptors (Lipinski definition) is 1. The molecule has 0 unspecified atom stereocenters. The molecule has 78 valence electrons. The van der Waals surface area contributed by atoms with Crippen molar-refractivity contribution in [2.24, 2.45) is 0 Å². The Morgan fingerprint density at radius 2 is 1.67 bits per heavy atom. The van der Waals surface area contributed by atoms with Gasteiger partial charge in [-0.2, -0.15) is 0 Å². The Labute approximate surface area is 91.7 Å². The summed E-state index contributed by atoms with van der Waals surface area (Å²) in [6.45, 7) is 9.77. The SMILES string of the molecule is C=CC(=C(C)C)c1ccccc1C(C)=N. The van der Waals surface area contributed by atoms with Crippen LogP contribution < -0.4 is 0 Å². The minimum atomic E-state index is 0.589. The molecule has 0 aliphatic heterocycles. The molecule has 1 aromatic carbocycles. The fraction of sp³-hybridized carbons (Fsp3) is 0.214. The molecule has 0 saturated heterocycles. The highest BCUT2D eigenvalue weighted by Gasteiger charge is 2.06. The van der Waals surface area contributed by atoms with Gasteiger partial charge in [-0.3, -0.25) is 0 Å². The third-order valence-electron chi connectivity index (χ3n) is 2.36. The van der Waals surface area contributed by atoms with E-state index in [9.17, 15) is 0 Å². The van der Waals surface area contributed by atoms with Crippen molar-refractivity contribution in [3.05, 3.63) is 53.6 Å². The molecule has 0 aromatic heterocycles. The molecule has 0 fully saturated rings. The van der Waals surface area contributed by atoms with Crippen LogP contribution in [0.5, 0.6) is 0 Å². The molecule has 15 heavy (non-hydrogen) atoms. The van der Waals surface area contributed by atoms with Gasteiger partial charge in [0.2, 0.25) is 0 Å². The van der Waals surface area contributed by atoms with Crippen LogP contribution in [0.1, 0.15) is 31.9 Å². The molecule has 0 heterocycles. The Morgan fingerprint density at radius 1 is 1.13 bits per heavy atom. The van der Waals surface area contributed by atoms with Crippen molar-refractivity contribution >= 4 is 11.3 Å². The van der Waals surface area contributed by atoms with Gasteiger partial charge in [-0.1, -0.05) is 42.5 Å². The molecule has 0 atom stereocenters. The molecule has 1 rings (SSSR count). The van der Waals surface area contributed by atoms with Crippen LogP contribution in [0.25, 0.3) is 5.57 Å². The van der Waals surface area contributed by atoms with Crippen molar-refractivity contribution in [3.63, 3.8) is 0 Å². The molecule has 1 aromatic rings. The Balaban J connectivity index is 3.43. The lowest BCUT2D eigenvalue weighted by atomic mass is 9.94. The third kappa shape index (κ3) is 2.44. The molecule has 0 spiro atoms. The van der Waals surface area contributed by atoms with Crippen molar-refractivity contribution in [2.45, 2.75) is 20.8 Å². The lowest BCUT2D eigenvalue weighted by molar-refractivity contribution is 1.38. The van der Waals surface area contributed by atoms with Gasteiger partial charge in [-0.15, -0.1) is 0 Å². The Morgan fingerprint density at radius 3 is 2.07 bits per heavy atom. The summed E-state index contributed by atoms with van der Waals surface area (Å²) < 4.78 is 0. The maximum atomic E-state index is 7.73. The van der Waals surface area contributed by atoms with E-state index in [1.54, 1.807) is 0 Å². The van der Waals surface area contributed by atoms with Crippen LogP contribution in [0, 0.1) is 5.41 Å². The highest BCUT2D eigenvalue weighted by atomic mass is 14.4. The molecule has 1 heteroatoms. The Kier molecular flexibility index (Phi) is 3.62. The fourth-order valence-corrected chi connectivity index (χ4v) is 1.63. The minimum Gasteiger partial charge on any atom is -0.305 e. The summed E-state index contributed by atoms with van der Waals surface area (Å²) in [5, 5.41) is 7.73. The van der Waals surface area contributed by atoms with Crippen LogP contribution in [-0.4, -0.2) is 5.71 Å². The van der Waals surface area contributed by atoms with Gasteiger partial charge in [0, 0.05) is 11.3 Å². The fourth-order valence-electron chi connectivity index (χ4n) is 1.63. The van der Waals surface area contributed by atoms with Gasteiger partial charge < -0.3 is 5.41 Å². The second-order valence-corrected chi connectivity index (χ2v) is 3.79. The standard InChI is InChI=1S/C14H17N/c1-5-12(10(2)3)14-9-7-6-8-13(14)11(4)15/h5-9,15H,1H2,2-4H3. The first kappa shape index (κ1) is 11.4. The van der Waals surface area contributed by atoms with Gasteiger partial charge >= 0.3 is 0 Å². The monoisotopic (exact) mass is 199 g/mol. The molecule has 0 amide bonds. The number of hydrogen-bond donors (Lipinski definition) is 1. The van der Waals surface area contributed by atoms with E-state index < -0.39 is 0 Å². The number of benzene rings is 1. The summed E-state index contributed by atoms with van der Waals surface area (Å²) in [6.07, 6.45) is 1.86. The van der Waals surface area contributed by atoms with Gasteiger partial charge in [0.05, 0.1) is 0 Å². The van der Waals surface area contributed by atoms with E-state index in [1.165, 1.54) is 5.57 Å². The summed E-state index contributed by atoms with van der Waals surface area (Å²) in [4.78, 5) is 0. The van der Waals surface area contributed by atoms with Crippen LogP contribution in [0.4, 0.5) is 0 Å². The van der Waals surface area contributed by atoms with Gasteiger partial charge in [0.1, 0.15) is 0 Å². The van der Waals surface area contributed by atoms with Crippen molar-refractivity contribution in [1.82, 2.24) is 0 Å². The number of allylic oxidation sites excluding steroid dienone is 3. The molecule has 0 aliphatic rings.